The van der Waals surface area contributed by atoms with Gasteiger partial charge in [0.25, 0.3) is 0 Å². The molecule has 1 aliphatic rings. The van der Waals surface area contributed by atoms with Gasteiger partial charge >= 0.3 is 0 Å². The lowest BCUT2D eigenvalue weighted by atomic mass is 9.98. The summed E-state index contributed by atoms with van der Waals surface area (Å²) in [4.78, 5) is 5.62. The van der Waals surface area contributed by atoms with Crippen LogP contribution in [-0.2, 0) is 10.6 Å². The van der Waals surface area contributed by atoms with Crippen molar-refractivity contribution < 1.29 is 13.6 Å². The van der Waals surface area contributed by atoms with E-state index in [1.807, 2.05) is 31.2 Å². The number of rotatable bonds is 5. The van der Waals surface area contributed by atoms with E-state index in [1.165, 1.54) is 30.0 Å². The Bertz CT molecular complexity index is 763. The molecule has 0 N–H and O–H groups in total. The van der Waals surface area contributed by atoms with Gasteiger partial charge in [0.2, 0.25) is 0 Å². The van der Waals surface area contributed by atoms with Gasteiger partial charge in [-0.15, -0.1) is 0 Å². The molecule has 24 heavy (non-hydrogen) atoms. The van der Waals surface area contributed by atoms with Crippen LogP contribution in [-0.4, -0.2) is 17.1 Å². The van der Waals surface area contributed by atoms with Crippen LogP contribution in [0.15, 0.2) is 52.1 Å². The van der Waals surface area contributed by atoms with Crippen molar-refractivity contribution in [2.75, 3.05) is 5.75 Å². The fraction of sp³-hybridized carbons (Fsp3) is 0.278. The molecule has 0 aliphatic carbocycles. The third-order valence-corrected chi connectivity index (χ3v) is 5.82. The second-order valence-electron chi connectivity index (χ2n) is 5.93. The van der Waals surface area contributed by atoms with Crippen molar-refractivity contribution in [3.8, 4) is 0 Å². The van der Waals surface area contributed by atoms with Crippen molar-refractivity contribution in [2.24, 2.45) is 5.16 Å². The van der Waals surface area contributed by atoms with Crippen molar-refractivity contribution in [3.63, 3.8) is 0 Å². The van der Waals surface area contributed by atoms with Crippen LogP contribution in [0.2, 0.25) is 0 Å². The minimum Gasteiger partial charge on any atom is -0.388 e. The summed E-state index contributed by atoms with van der Waals surface area (Å²) in [5, 5.41) is 4.21. The van der Waals surface area contributed by atoms with E-state index in [0.29, 0.717) is 12.2 Å². The van der Waals surface area contributed by atoms with E-state index < -0.39 is 17.2 Å². The second-order valence-corrected chi connectivity index (χ2v) is 7.77. The number of hydrogen-bond donors (Lipinski definition) is 0. The maximum absolute atomic E-state index is 13.7. The first kappa shape index (κ1) is 17.4. The Labute approximate surface area is 152 Å². The summed E-state index contributed by atoms with van der Waals surface area (Å²) >= 11 is 4.96. The first-order valence-electron chi connectivity index (χ1n) is 7.49. The Kier molecular flexibility index (Phi) is 5.25. The van der Waals surface area contributed by atoms with Crippen LogP contribution in [0.1, 0.15) is 24.5 Å². The Hall–Kier alpha value is -1.40. The maximum atomic E-state index is 13.7. The fourth-order valence-electron chi connectivity index (χ4n) is 2.54. The van der Waals surface area contributed by atoms with Crippen LogP contribution in [0.3, 0.4) is 0 Å². The predicted octanol–water partition coefficient (Wildman–Crippen LogP) is 5.54. The molecule has 1 atom stereocenters. The van der Waals surface area contributed by atoms with Crippen LogP contribution in [0, 0.1) is 11.6 Å². The van der Waals surface area contributed by atoms with Gasteiger partial charge in [-0.25, -0.2) is 8.78 Å². The molecule has 0 amide bonds. The third kappa shape index (κ3) is 3.81. The monoisotopic (exact) mass is 411 g/mol. The Balaban J connectivity index is 1.60. The summed E-state index contributed by atoms with van der Waals surface area (Å²) in [7, 11) is 0. The molecule has 0 radical (unpaired) electrons. The van der Waals surface area contributed by atoms with Crippen LogP contribution < -0.4 is 0 Å². The summed E-state index contributed by atoms with van der Waals surface area (Å²) < 4.78 is 28.3. The molecule has 1 aliphatic heterocycles. The zero-order valence-corrected chi connectivity index (χ0v) is 15.5. The average Bonchev–Trinajstić information content (AvgIpc) is 2.93. The summed E-state index contributed by atoms with van der Waals surface area (Å²) in [6, 6.07) is 11.8. The van der Waals surface area contributed by atoms with Crippen LogP contribution in [0.4, 0.5) is 8.78 Å². The molecule has 0 spiro atoms. The molecular formula is C18H16BrF2NOS. The van der Waals surface area contributed by atoms with Crippen molar-refractivity contribution in [3.05, 3.63) is 69.7 Å². The minimum absolute atomic E-state index is 0.107. The smallest absolute Gasteiger partial charge is 0.149 e. The maximum Gasteiger partial charge on any atom is 0.149 e. The molecule has 0 fully saturated rings. The van der Waals surface area contributed by atoms with E-state index in [0.717, 1.165) is 15.7 Å². The average molecular weight is 412 g/mol. The van der Waals surface area contributed by atoms with Crippen molar-refractivity contribution >= 4 is 33.4 Å². The Morgan fingerprint density at radius 2 is 1.88 bits per heavy atom. The molecule has 2 nitrogen and oxygen atoms in total. The molecule has 3 rings (SSSR count). The van der Waals surface area contributed by atoms with Crippen molar-refractivity contribution in [2.45, 2.75) is 24.7 Å². The van der Waals surface area contributed by atoms with Gasteiger partial charge in [-0.1, -0.05) is 45.4 Å². The van der Waals surface area contributed by atoms with Gasteiger partial charge in [0.15, 0.2) is 0 Å². The van der Waals surface area contributed by atoms with Gasteiger partial charge < -0.3 is 4.84 Å². The van der Waals surface area contributed by atoms with E-state index in [1.54, 1.807) is 0 Å². The molecule has 6 heteroatoms. The number of oxime groups is 1. The van der Waals surface area contributed by atoms with Gasteiger partial charge in [0.1, 0.15) is 17.2 Å². The molecule has 126 valence electrons. The number of hydrogen-bond acceptors (Lipinski definition) is 3. The lowest BCUT2D eigenvalue weighted by molar-refractivity contribution is 0.0163. The van der Waals surface area contributed by atoms with E-state index in [9.17, 15) is 8.78 Å². The van der Waals surface area contributed by atoms with E-state index in [2.05, 4.69) is 21.1 Å². The Morgan fingerprint density at radius 3 is 2.58 bits per heavy atom. The van der Waals surface area contributed by atoms with Gasteiger partial charge in [-0.3, -0.25) is 0 Å². The molecular weight excluding hydrogens is 396 g/mol. The number of thioether (sulfide) groups is 1. The topological polar surface area (TPSA) is 21.6 Å². The van der Waals surface area contributed by atoms with E-state index in [4.69, 9.17) is 4.84 Å². The Morgan fingerprint density at radius 1 is 1.17 bits per heavy atom. The highest BCUT2D eigenvalue weighted by atomic mass is 79.9. The number of benzene rings is 2. The molecule has 1 heterocycles. The molecule has 0 saturated heterocycles. The summed E-state index contributed by atoms with van der Waals surface area (Å²) in [6.45, 7) is 1.96. The largest absolute Gasteiger partial charge is 0.388 e. The highest BCUT2D eigenvalue weighted by molar-refractivity contribution is 9.10. The normalized spacial score (nSPS) is 19.9. The lowest BCUT2D eigenvalue weighted by Gasteiger charge is -2.21. The lowest BCUT2D eigenvalue weighted by Crippen LogP contribution is -2.28. The van der Waals surface area contributed by atoms with Crippen molar-refractivity contribution in [1.29, 1.82) is 0 Å². The van der Waals surface area contributed by atoms with Crippen LogP contribution in [0.5, 0.6) is 0 Å². The van der Waals surface area contributed by atoms with Crippen molar-refractivity contribution in [1.82, 2.24) is 0 Å². The minimum atomic E-state index is -0.509. The van der Waals surface area contributed by atoms with Crippen LogP contribution >= 0.6 is 27.7 Å². The molecule has 0 saturated carbocycles. The highest BCUT2D eigenvalue weighted by Crippen LogP contribution is 2.33. The zero-order chi connectivity index (χ0) is 17.2. The SMILES string of the molecule is CC1(CSCc2c(F)cccc2F)CC(c2ccccc2Br)=NO1. The highest BCUT2D eigenvalue weighted by Gasteiger charge is 2.35. The molecule has 2 aromatic rings. The summed E-state index contributed by atoms with van der Waals surface area (Å²) in [6.07, 6.45) is 0.655. The predicted molar refractivity (Wildman–Crippen MR) is 97.3 cm³/mol. The molecule has 0 aromatic heterocycles. The van der Waals surface area contributed by atoms with E-state index >= 15 is 0 Å². The molecule has 0 bridgehead atoms. The third-order valence-electron chi connectivity index (χ3n) is 3.82. The van der Waals surface area contributed by atoms with Gasteiger partial charge in [0, 0.05) is 33.5 Å². The quantitative estimate of drug-likeness (QED) is 0.643. The summed E-state index contributed by atoms with van der Waals surface area (Å²) in [5.74, 6) is -0.157. The fourth-order valence-corrected chi connectivity index (χ4v) is 4.22. The van der Waals surface area contributed by atoms with Gasteiger partial charge in [-0.05, 0) is 25.1 Å². The van der Waals surface area contributed by atoms with Crippen LogP contribution in [0.25, 0.3) is 0 Å². The standard InChI is InChI=1S/C18H16BrF2NOS/c1-18(11-24-10-13-15(20)7-4-8-16(13)21)9-17(22-23-18)12-5-2-3-6-14(12)19/h2-8H,9-11H2,1H3. The molecule has 1 unspecified atom stereocenters. The first-order chi connectivity index (χ1) is 11.5. The van der Waals surface area contributed by atoms with Gasteiger partial charge in [0.05, 0.1) is 5.71 Å². The molecule has 2 aromatic carbocycles. The van der Waals surface area contributed by atoms with E-state index in [-0.39, 0.29) is 11.3 Å². The zero-order valence-electron chi connectivity index (χ0n) is 13.1. The summed E-state index contributed by atoms with van der Waals surface area (Å²) in [5.41, 5.74) is 1.52. The number of nitrogens with zero attached hydrogens (tertiary/aromatic N) is 1. The first-order valence-corrected chi connectivity index (χ1v) is 9.44. The number of halogens is 3. The second kappa shape index (κ2) is 7.23. The van der Waals surface area contributed by atoms with Gasteiger partial charge in [-0.2, -0.15) is 11.8 Å².